The number of aromatic amines is 1. The number of aliphatic hydroxyl groups excluding tert-OH is 1. The van der Waals surface area contributed by atoms with Gasteiger partial charge in [-0.2, -0.15) is 0 Å². The molecule has 5 N–H and O–H groups in total. The summed E-state index contributed by atoms with van der Waals surface area (Å²) < 4.78 is 8.64. The summed E-state index contributed by atoms with van der Waals surface area (Å²) in [5.74, 6) is -1.52. The molecule has 4 aliphatic heterocycles. The Morgan fingerprint density at radius 3 is 2.00 bits per heavy atom. The van der Waals surface area contributed by atoms with Crippen molar-refractivity contribution in [3.63, 3.8) is 0 Å². The number of nitrogens with two attached hydrogens (primary N) is 1. The number of allylic oxidation sites excluding steroid dienone is 8. The summed E-state index contributed by atoms with van der Waals surface area (Å²) in [6.45, 7) is 0. The first-order chi connectivity index (χ1) is 15.9. The van der Waals surface area contributed by atoms with Gasteiger partial charge in [0.2, 0.25) is 0 Å². The predicted molar refractivity (Wildman–Crippen MR) is 125 cm³/mol. The molecule has 4 aliphatic rings. The Balaban J connectivity index is 1.75. The highest BCUT2D eigenvalue weighted by Crippen LogP contribution is 2.18. The fourth-order valence-corrected chi connectivity index (χ4v) is 3.56. The van der Waals surface area contributed by atoms with Crippen LogP contribution in [0.15, 0.2) is 86.7 Å². The lowest BCUT2D eigenvalue weighted by Crippen LogP contribution is -2.35. The van der Waals surface area contributed by atoms with Crippen molar-refractivity contribution in [2.45, 2.75) is 12.5 Å². The van der Waals surface area contributed by atoms with Crippen LogP contribution < -0.4 is 16.3 Å². The van der Waals surface area contributed by atoms with Crippen molar-refractivity contribution in [2.75, 3.05) is 0 Å². The molecule has 8 heteroatoms. The number of fused-ring (bicyclic) bond motifs is 5. The van der Waals surface area contributed by atoms with Crippen LogP contribution in [0.3, 0.4) is 0 Å². The van der Waals surface area contributed by atoms with Crippen molar-refractivity contribution in [3.05, 3.63) is 88.0 Å². The summed E-state index contributed by atoms with van der Waals surface area (Å²) in [6.07, 6.45) is 17.7. The first-order valence-electron chi connectivity index (χ1n) is 10.4. The minimum atomic E-state index is -1.16. The molecule has 0 aromatic carbocycles. The molecule has 8 bridgehead atoms. The molecule has 0 aliphatic carbocycles. The minimum absolute atomic E-state index is 0.0160. The van der Waals surface area contributed by atoms with E-state index in [1.165, 1.54) is 0 Å². The smallest absolute Gasteiger partial charge is 0.305 e. The van der Waals surface area contributed by atoms with Crippen molar-refractivity contribution in [1.29, 1.82) is 0 Å². The number of carboxylic acids is 1. The van der Waals surface area contributed by atoms with Gasteiger partial charge in [-0.15, -0.1) is 0 Å². The zero-order chi connectivity index (χ0) is 23.1. The highest BCUT2D eigenvalue weighted by molar-refractivity contribution is 6.20. The van der Waals surface area contributed by atoms with Crippen LogP contribution >= 0.6 is 0 Å². The van der Waals surface area contributed by atoms with Crippen LogP contribution in [0.5, 0.6) is 0 Å². The van der Waals surface area contributed by atoms with E-state index in [0.717, 1.165) is 17.1 Å². The third-order valence-corrected chi connectivity index (χ3v) is 5.03. The number of aromatic nitrogens is 1. The maximum atomic E-state index is 11.1. The number of carboxylic acid groups (broad SMARTS) is 1. The van der Waals surface area contributed by atoms with Crippen molar-refractivity contribution in [2.24, 2.45) is 20.7 Å². The molecule has 0 saturated heterocycles. The van der Waals surface area contributed by atoms with Crippen LogP contribution in [0.4, 0.5) is 0 Å². The van der Waals surface area contributed by atoms with Crippen LogP contribution in [-0.2, 0) is 4.79 Å². The maximum Gasteiger partial charge on any atom is 0.305 e. The van der Waals surface area contributed by atoms with Gasteiger partial charge in [0.1, 0.15) is 5.76 Å². The summed E-state index contributed by atoms with van der Waals surface area (Å²) in [6, 6.07) is -1.18. The molecule has 0 amide bonds. The third-order valence-electron chi connectivity index (χ3n) is 5.03. The summed E-state index contributed by atoms with van der Waals surface area (Å²) >= 11 is 0. The van der Waals surface area contributed by atoms with E-state index < -0.39 is 18.4 Å². The number of hydrogen-bond acceptors (Lipinski definition) is 6. The lowest BCUT2D eigenvalue weighted by atomic mass is 10.1. The molecule has 5 rings (SSSR count). The van der Waals surface area contributed by atoms with Crippen molar-refractivity contribution in [1.82, 2.24) is 4.98 Å². The Hall–Kier alpha value is -4.30. The molecule has 0 fully saturated rings. The van der Waals surface area contributed by atoms with E-state index in [-0.39, 0.29) is 17.0 Å². The number of aliphatic carboxylic acids is 1. The van der Waals surface area contributed by atoms with E-state index in [4.69, 9.17) is 12.2 Å². The van der Waals surface area contributed by atoms with Crippen molar-refractivity contribution in [3.8, 4) is 0 Å². The molecule has 8 nitrogen and oxygen atoms in total. The molecule has 1 aromatic rings. The second kappa shape index (κ2) is 7.75. The van der Waals surface area contributed by atoms with E-state index in [1.54, 1.807) is 18.2 Å². The van der Waals surface area contributed by atoms with E-state index in [9.17, 15) is 9.90 Å². The maximum absolute atomic E-state index is 11.1. The lowest BCUT2D eigenvalue weighted by molar-refractivity contribution is -0.137. The SMILES string of the molecule is [2H]c1c2[nH]c(c1=C(O)[C@@H](N)CC(=O)O)=CC1=NC(=CC3=NC(=CC4=NC(=C2)C=C4)C=C3)C=C1. The molecule has 0 unspecified atom stereocenters. The molecule has 0 radical (unpaired) electrons. The van der Waals surface area contributed by atoms with Crippen LogP contribution in [0.2, 0.25) is 0 Å². The summed E-state index contributed by atoms with van der Waals surface area (Å²) in [5.41, 5.74) is 10.5. The first-order valence-corrected chi connectivity index (χ1v) is 9.92. The fourth-order valence-electron chi connectivity index (χ4n) is 3.56. The Kier molecular flexibility index (Phi) is 4.47. The van der Waals surface area contributed by atoms with Crippen molar-refractivity contribution >= 4 is 41.0 Å². The Morgan fingerprint density at radius 1 is 0.906 bits per heavy atom. The zero-order valence-corrected chi connectivity index (χ0v) is 16.8. The summed E-state index contributed by atoms with van der Waals surface area (Å²) in [7, 11) is 0. The summed E-state index contributed by atoms with van der Waals surface area (Å²) in [4.78, 5) is 27.9. The van der Waals surface area contributed by atoms with Crippen LogP contribution in [0.1, 0.15) is 13.5 Å². The van der Waals surface area contributed by atoms with Crippen LogP contribution in [0.25, 0.3) is 17.9 Å². The highest BCUT2D eigenvalue weighted by atomic mass is 16.4. The number of aliphatic hydroxyl groups is 1. The number of rotatable bonds is 3. The molecular formula is C24H19N5O3. The number of carbonyl (C=O) groups is 1. The van der Waals surface area contributed by atoms with E-state index in [0.29, 0.717) is 28.1 Å². The van der Waals surface area contributed by atoms with Crippen LogP contribution in [-0.4, -0.2) is 44.3 Å². The van der Waals surface area contributed by atoms with Gasteiger partial charge in [-0.25, -0.2) is 15.0 Å². The molecule has 32 heavy (non-hydrogen) atoms. The normalized spacial score (nSPS) is 20.5. The van der Waals surface area contributed by atoms with Gasteiger partial charge < -0.3 is 20.9 Å². The number of H-pyrrole nitrogens is 1. The number of aliphatic imine (C=N–C) groups is 3. The first kappa shape index (κ1) is 18.5. The minimum Gasteiger partial charge on any atom is -0.510 e. The van der Waals surface area contributed by atoms with Gasteiger partial charge in [0.05, 0.1) is 53.4 Å². The molecule has 158 valence electrons. The molecule has 0 spiro atoms. The second-order valence-electron chi connectivity index (χ2n) is 7.50. The van der Waals surface area contributed by atoms with Gasteiger partial charge in [0, 0.05) is 10.9 Å². The van der Waals surface area contributed by atoms with Gasteiger partial charge in [-0.1, -0.05) is 0 Å². The zero-order valence-electron chi connectivity index (χ0n) is 17.8. The predicted octanol–water partition coefficient (Wildman–Crippen LogP) is 1.42. The Bertz CT molecular complexity index is 1490. The molecule has 5 heterocycles. The second-order valence-corrected chi connectivity index (χ2v) is 7.50. The van der Waals surface area contributed by atoms with Gasteiger partial charge in [-0.05, 0) is 66.8 Å². The van der Waals surface area contributed by atoms with Gasteiger partial charge in [-0.3, -0.25) is 4.79 Å². The molecule has 1 aromatic heterocycles. The summed E-state index contributed by atoms with van der Waals surface area (Å²) in [5, 5.41) is 20.3. The van der Waals surface area contributed by atoms with Gasteiger partial charge in [0.25, 0.3) is 0 Å². The van der Waals surface area contributed by atoms with Gasteiger partial charge >= 0.3 is 5.97 Å². The average molecular weight is 426 g/mol. The Morgan fingerprint density at radius 2 is 1.44 bits per heavy atom. The van der Waals surface area contributed by atoms with Crippen LogP contribution in [0, 0.1) is 0 Å². The highest BCUT2D eigenvalue weighted by Gasteiger charge is 2.15. The largest absolute Gasteiger partial charge is 0.510 e. The monoisotopic (exact) mass is 426 g/mol. The van der Waals surface area contributed by atoms with E-state index in [1.807, 2.05) is 42.5 Å². The van der Waals surface area contributed by atoms with Gasteiger partial charge in [0.15, 0.2) is 0 Å². The topological polar surface area (TPSA) is 136 Å². The van der Waals surface area contributed by atoms with Crippen molar-refractivity contribution < 1.29 is 16.4 Å². The molecule has 1 atom stereocenters. The van der Waals surface area contributed by atoms with E-state index >= 15 is 0 Å². The Labute approximate surface area is 184 Å². The number of nitrogens with one attached hydrogen (secondary N) is 1. The standard InChI is InChI=1S/C24H19N5O3/c25-21(12-23(30)31)24(32)20-10-19-9-17-4-3-15(27-17)7-13-1-2-14(26-13)8-16-5-6-18(28-16)11-22(20)29-19/h1-11,21,29,32H,12,25H2,(H,30,31)/t21-/m0/s1/i10D. The quantitative estimate of drug-likeness (QED) is 0.581. The lowest BCUT2D eigenvalue weighted by Gasteiger charge is -2.06. The number of hydrogen-bond donors (Lipinski definition) is 4. The average Bonchev–Trinajstić information content (AvgIpc) is 3.53. The molecule has 0 saturated carbocycles. The number of nitrogens with zero attached hydrogens (tertiary/aromatic N) is 3. The fraction of sp³-hybridized carbons (Fsp3) is 0.0833. The third kappa shape index (κ3) is 3.99. The van der Waals surface area contributed by atoms with E-state index in [2.05, 4.69) is 20.0 Å². The molecular weight excluding hydrogens is 406 g/mol.